The third kappa shape index (κ3) is 7.30. The number of benzene rings is 2. The highest BCUT2D eigenvalue weighted by Crippen LogP contribution is 2.27. The van der Waals surface area contributed by atoms with Crippen molar-refractivity contribution in [1.82, 2.24) is 14.7 Å². The summed E-state index contributed by atoms with van der Waals surface area (Å²) in [6.07, 6.45) is -0.277. The van der Waals surface area contributed by atoms with Gasteiger partial charge in [-0.2, -0.15) is 0 Å². The molecular formula is C28H38N4O5. The smallest absolute Gasteiger partial charge is 0.257 e. The summed E-state index contributed by atoms with van der Waals surface area (Å²) < 4.78 is 11.9. The van der Waals surface area contributed by atoms with Crippen LogP contribution in [0.1, 0.15) is 34.6 Å². The van der Waals surface area contributed by atoms with Crippen LogP contribution in [0.2, 0.25) is 0 Å². The van der Waals surface area contributed by atoms with Crippen molar-refractivity contribution in [2.45, 2.75) is 26.0 Å². The molecule has 1 heterocycles. The number of likely N-dealkylation sites (N-methyl/N-ethyl adjacent to an activating group) is 2. The van der Waals surface area contributed by atoms with Gasteiger partial charge in [-0.15, -0.1) is 0 Å². The second kappa shape index (κ2) is 12.7. The Kier molecular flexibility index (Phi) is 9.66. The Morgan fingerprint density at radius 3 is 2.46 bits per heavy atom. The molecule has 9 heteroatoms. The molecule has 1 aliphatic heterocycles. The summed E-state index contributed by atoms with van der Waals surface area (Å²) in [7, 11) is 7.06. The van der Waals surface area contributed by atoms with Gasteiger partial charge in [0.1, 0.15) is 12.4 Å². The molecule has 2 aromatic rings. The van der Waals surface area contributed by atoms with E-state index in [2.05, 4.69) is 5.32 Å². The average molecular weight is 511 g/mol. The molecule has 0 saturated heterocycles. The number of ether oxygens (including phenoxy) is 2. The van der Waals surface area contributed by atoms with E-state index in [1.807, 2.05) is 43.8 Å². The SMILES string of the molecule is CO[C@@H]1CN(C)C(=O)c2cc(NC(=O)c3ccccc3)ccc2OC[C@H](C)N(C(=O)CN(C)C)C[C@@H]1C. The maximum absolute atomic E-state index is 13.5. The van der Waals surface area contributed by atoms with Crippen molar-refractivity contribution in [2.75, 3.05) is 59.8 Å². The van der Waals surface area contributed by atoms with Gasteiger partial charge in [-0.3, -0.25) is 14.4 Å². The van der Waals surface area contributed by atoms with Gasteiger partial charge in [0.05, 0.1) is 24.3 Å². The van der Waals surface area contributed by atoms with E-state index in [-0.39, 0.29) is 48.9 Å². The van der Waals surface area contributed by atoms with Crippen LogP contribution in [-0.4, -0.2) is 99.1 Å². The van der Waals surface area contributed by atoms with Gasteiger partial charge in [-0.05, 0) is 51.4 Å². The van der Waals surface area contributed by atoms with Crippen molar-refractivity contribution in [3.63, 3.8) is 0 Å². The van der Waals surface area contributed by atoms with E-state index in [1.54, 1.807) is 61.5 Å². The fourth-order valence-corrected chi connectivity index (χ4v) is 4.36. The highest BCUT2D eigenvalue weighted by molar-refractivity contribution is 6.05. The molecule has 9 nitrogen and oxygen atoms in total. The molecule has 0 spiro atoms. The van der Waals surface area contributed by atoms with Gasteiger partial charge < -0.3 is 29.5 Å². The lowest BCUT2D eigenvalue weighted by Gasteiger charge is -2.36. The maximum Gasteiger partial charge on any atom is 0.257 e. The van der Waals surface area contributed by atoms with E-state index in [0.717, 1.165) is 0 Å². The molecular weight excluding hydrogens is 472 g/mol. The molecule has 3 atom stereocenters. The first kappa shape index (κ1) is 28.1. The number of anilines is 1. The predicted octanol–water partition coefficient (Wildman–Crippen LogP) is 2.83. The lowest BCUT2D eigenvalue weighted by molar-refractivity contribution is -0.136. The van der Waals surface area contributed by atoms with Crippen LogP contribution in [0.4, 0.5) is 5.69 Å². The van der Waals surface area contributed by atoms with Crippen molar-refractivity contribution in [2.24, 2.45) is 5.92 Å². The van der Waals surface area contributed by atoms with E-state index in [1.165, 1.54) is 0 Å². The Labute approximate surface area is 219 Å². The molecule has 3 rings (SSSR count). The van der Waals surface area contributed by atoms with Crippen molar-refractivity contribution in [1.29, 1.82) is 0 Å². The van der Waals surface area contributed by atoms with Gasteiger partial charge >= 0.3 is 0 Å². The average Bonchev–Trinajstić information content (AvgIpc) is 2.88. The van der Waals surface area contributed by atoms with Gasteiger partial charge in [-0.1, -0.05) is 25.1 Å². The normalized spacial score (nSPS) is 20.9. The number of rotatable bonds is 5. The number of nitrogens with zero attached hydrogens (tertiary/aromatic N) is 3. The van der Waals surface area contributed by atoms with Crippen LogP contribution in [0.3, 0.4) is 0 Å². The predicted molar refractivity (Wildman–Crippen MR) is 143 cm³/mol. The molecule has 1 aliphatic rings. The van der Waals surface area contributed by atoms with E-state index >= 15 is 0 Å². The lowest BCUT2D eigenvalue weighted by Crippen LogP contribution is -2.50. The Morgan fingerprint density at radius 1 is 1.11 bits per heavy atom. The summed E-state index contributed by atoms with van der Waals surface area (Å²) in [6.45, 7) is 5.27. The molecule has 0 fully saturated rings. The summed E-state index contributed by atoms with van der Waals surface area (Å²) in [4.78, 5) is 44.5. The molecule has 0 aliphatic carbocycles. The maximum atomic E-state index is 13.5. The first-order valence-electron chi connectivity index (χ1n) is 12.5. The van der Waals surface area contributed by atoms with Crippen LogP contribution in [0.5, 0.6) is 5.75 Å². The molecule has 1 N–H and O–H groups in total. The van der Waals surface area contributed by atoms with Crippen LogP contribution in [0.15, 0.2) is 48.5 Å². The van der Waals surface area contributed by atoms with Crippen LogP contribution in [0, 0.1) is 5.92 Å². The largest absolute Gasteiger partial charge is 0.491 e. The molecule has 0 saturated carbocycles. The Morgan fingerprint density at radius 2 is 1.81 bits per heavy atom. The fraction of sp³-hybridized carbons (Fsp3) is 0.464. The van der Waals surface area contributed by atoms with Crippen LogP contribution in [-0.2, 0) is 9.53 Å². The highest BCUT2D eigenvalue weighted by atomic mass is 16.5. The molecule has 0 aromatic heterocycles. The summed E-state index contributed by atoms with van der Waals surface area (Å²) in [5.41, 5.74) is 1.33. The fourth-order valence-electron chi connectivity index (χ4n) is 4.36. The van der Waals surface area contributed by atoms with E-state index < -0.39 is 0 Å². The van der Waals surface area contributed by atoms with Gasteiger partial charge in [0, 0.05) is 44.4 Å². The van der Waals surface area contributed by atoms with Gasteiger partial charge in [0.2, 0.25) is 5.91 Å². The van der Waals surface area contributed by atoms with E-state index in [0.29, 0.717) is 35.7 Å². The minimum Gasteiger partial charge on any atom is -0.491 e. The molecule has 0 bridgehead atoms. The van der Waals surface area contributed by atoms with Crippen molar-refractivity contribution >= 4 is 23.4 Å². The number of hydrogen-bond donors (Lipinski definition) is 1. The monoisotopic (exact) mass is 510 g/mol. The second-order valence-corrected chi connectivity index (χ2v) is 9.91. The summed E-state index contributed by atoms with van der Waals surface area (Å²) in [5.74, 6) is -0.141. The highest BCUT2D eigenvalue weighted by Gasteiger charge is 2.30. The summed E-state index contributed by atoms with van der Waals surface area (Å²) in [5, 5.41) is 2.86. The summed E-state index contributed by atoms with van der Waals surface area (Å²) in [6, 6.07) is 13.7. The number of hydrogen-bond acceptors (Lipinski definition) is 6. The van der Waals surface area contributed by atoms with Crippen molar-refractivity contribution in [3.8, 4) is 5.75 Å². The van der Waals surface area contributed by atoms with Gasteiger partial charge in [-0.25, -0.2) is 0 Å². The number of fused-ring (bicyclic) bond motifs is 1. The zero-order chi connectivity index (χ0) is 27.1. The van der Waals surface area contributed by atoms with Crippen molar-refractivity contribution in [3.05, 3.63) is 59.7 Å². The van der Waals surface area contributed by atoms with Gasteiger partial charge in [0.25, 0.3) is 11.8 Å². The standard InChI is InChI=1S/C28H38N4O5/c1-19-15-32(26(33)17-30(3)4)20(2)18-37-24-13-12-22(29-27(34)21-10-8-7-9-11-21)14-23(24)28(35)31(5)16-25(19)36-6/h7-14,19-20,25H,15-18H2,1-6H3,(H,29,34)/t19-,20-,25+/m0/s1. The topological polar surface area (TPSA) is 91.4 Å². The number of carbonyl (C=O) groups is 3. The summed E-state index contributed by atoms with van der Waals surface area (Å²) >= 11 is 0. The lowest BCUT2D eigenvalue weighted by atomic mass is 10.0. The number of nitrogens with one attached hydrogen (secondary N) is 1. The third-order valence-corrected chi connectivity index (χ3v) is 6.51. The van der Waals surface area contributed by atoms with Crippen LogP contribution < -0.4 is 10.1 Å². The minimum atomic E-state index is -0.277. The zero-order valence-electron chi connectivity index (χ0n) is 22.6. The first-order valence-corrected chi connectivity index (χ1v) is 12.5. The Balaban J connectivity index is 1.93. The third-order valence-electron chi connectivity index (χ3n) is 6.51. The van der Waals surface area contributed by atoms with E-state index in [4.69, 9.17) is 9.47 Å². The molecule has 200 valence electrons. The van der Waals surface area contributed by atoms with Crippen LogP contribution in [0.25, 0.3) is 0 Å². The number of carbonyl (C=O) groups excluding carboxylic acids is 3. The number of methoxy groups -OCH3 is 1. The van der Waals surface area contributed by atoms with E-state index in [9.17, 15) is 14.4 Å². The first-order chi connectivity index (χ1) is 17.6. The molecule has 0 unspecified atom stereocenters. The Bertz CT molecular complexity index is 1090. The molecule has 0 radical (unpaired) electrons. The van der Waals surface area contributed by atoms with Gasteiger partial charge in [0.15, 0.2) is 0 Å². The van der Waals surface area contributed by atoms with Crippen LogP contribution >= 0.6 is 0 Å². The molecule has 37 heavy (non-hydrogen) atoms. The molecule has 2 aromatic carbocycles. The van der Waals surface area contributed by atoms with Crippen molar-refractivity contribution < 1.29 is 23.9 Å². The Hall–Kier alpha value is -3.43. The minimum absolute atomic E-state index is 0.00323. The number of amides is 3. The second-order valence-electron chi connectivity index (χ2n) is 9.91. The molecule has 3 amide bonds. The quantitative estimate of drug-likeness (QED) is 0.665. The zero-order valence-corrected chi connectivity index (χ0v) is 22.6.